The summed E-state index contributed by atoms with van der Waals surface area (Å²) < 4.78 is 14.2. The van der Waals surface area contributed by atoms with Crippen LogP contribution in [-0.4, -0.2) is 13.1 Å². The summed E-state index contributed by atoms with van der Waals surface area (Å²) in [6, 6.07) is 14.2. The van der Waals surface area contributed by atoms with Crippen LogP contribution < -0.4 is 10.2 Å². The highest BCUT2D eigenvalue weighted by atomic mass is 19.1. The molecular weight excluding hydrogens is 263 g/mol. The van der Waals surface area contributed by atoms with Gasteiger partial charge in [0.05, 0.1) is 0 Å². The second kappa shape index (κ2) is 5.86. The summed E-state index contributed by atoms with van der Waals surface area (Å²) in [5.41, 5.74) is 4.27. The van der Waals surface area contributed by atoms with Crippen molar-refractivity contribution in [3.63, 3.8) is 0 Å². The smallest absolute Gasteiger partial charge is 0.129 e. The molecule has 1 aliphatic heterocycles. The van der Waals surface area contributed by atoms with Gasteiger partial charge in [0.15, 0.2) is 0 Å². The highest BCUT2D eigenvalue weighted by Gasteiger charge is 2.26. The molecule has 1 atom stereocenters. The van der Waals surface area contributed by atoms with E-state index in [0.717, 1.165) is 24.1 Å². The van der Waals surface area contributed by atoms with Gasteiger partial charge in [-0.25, -0.2) is 4.39 Å². The molecule has 2 aromatic rings. The van der Waals surface area contributed by atoms with E-state index in [4.69, 9.17) is 0 Å². The summed E-state index contributed by atoms with van der Waals surface area (Å²) in [6.07, 6.45) is 2.18. The van der Waals surface area contributed by atoms with Crippen molar-refractivity contribution >= 4 is 11.4 Å². The number of aryl methyl sites for hydroxylation is 1. The lowest BCUT2D eigenvalue weighted by Gasteiger charge is -2.38. The Labute approximate surface area is 125 Å². The molecule has 21 heavy (non-hydrogen) atoms. The molecule has 0 spiro atoms. The van der Waals surface area contributed by atoms with Gasteiger partial charge in [-0.2, -0.15) is 0 Å². The Kier molecular flexibility index (Phi) is 3.93. The van der Waals surface area contributed by atoms with E-state index in [1.54, 1.807) is 6.07 Å². The summed E-state index contributed by atoms with van der Waals surface area (Å²) in [5.74, 6) is -0.142. The predicted molar refractivity (Wildman–Crippen MR) is 85.5 cm³/mol. The average molecular weight is 284 g/mol. The van der Waals surface area contributed by atoms with Gasteiger partial charge >= 0.3 is 0 Å². The van der Waals surface area contributed by atoms with Crippen LogP contribution in [0, 0.1) is 5.82 Å². The molecule has 0 saturated carbocycles. The zero-order valence-corrected chi connectivity index (χ0v) is 12.6. The number of fused-ring (bicyclic) bond motifs is 1. The fourth-order valence-corrected chi connectivity index (χ4v) is 3.18. The maximum Gasteiger partial charge on any atom is 0.129 e. The van der Waals surface area contributed by atoms with E-state index in [9.17, 15) is 4.39 Å². The first kappa shape index (κ1) is 14.1. The van der Waals surface area contributed by atoms with Crippen LogP contribution in [0.4, 0.5) is 15.8 Å². The summed E-state index contributed by atoms with van der Waals surface area (Å²) >= 11 is 0. The Morgan fingerprint density at radius 1 is 1.14 bits per heavy atom. The Balaban J connectivity index is 2.14. The van der Waals surface area contributed by atoms with Gasteiger partial charge in [-0.3, -0.25) is 0 Å². The quantitative estimate of drug-likeness (QED) is 0.916. The van der Waals surface area contributed by atoms with E-state index in [0.29, 0.717) is 12.6 Å². The monoisotopic (exact) mass is 284 g/mol. The van der Waals surface area contributed by atoms with E-state index < -0.39 is 0 Å². The van der Waals surface area contributed by atoms with Crippen LogP contribution in [0.5, 0.6) is 0 Å². The molecule has 2 nitrogen and oxygen atoms in total. The lowest BCUT2D eigenvalue weighted by Crippen LogP contribution is -2.34. The Hall–Kier alpha value is -1.87. The third-order valence-electron chi connectivity index (χ3n) is 4.23. The summed E-state index contributed by atoms with van der Waals surface area (Å²) in [5, 5.41) is 3.08. The van der Waals surface area contributed by atoms with Crippen LogP contribution in [0.3, 0.4) is 0 Å². The Morgan fingerprint density at radius 2 is 1.90 bits per heavy atom. The summed E-state index contributed by atoms with van der Waals surface area (Å²) in [7, 11) is 1.85. The summed E-state index contributed by atoms with van der Waals surface area (Å²) in [4.78, 5) is 2.29. The van der Waals surface area contributed by atoms with Crippen LogP contribution in [-0.2, 0) is 13.0 Å². The minimum atomic E-state index is -0.142. The lowest BCUT2D eigenvalue weighted by molar-refractivity contribution is 0.587. The van der Waals surface area contributed by atoms with E-state index in [2.05, 4.69) is 41.4 Å². The molecule has 0 bridgehead atoms. The second-order valence-electron chi connectivity index (χ2n) is 5.65. The fraction of sp³-hybridized carbons (Fsp3) is 0.333. The number of hydrogen-bond acceptors (Lipinski definition) is 2. The number of nitrogens with one attached hydrogen (secondary N) is 1. The van der Waals surface area contributed by atoms with Crippen molar-refractivity contribution in [2.24, 2.45) is 0 Å². The maximum absolute atomic E-state index is 14.2. The first-order valence-electron chi connectivity index (χ1n) is 7.51. The molecular formula is C18H21FN2. The SMILES string of the molecule is CNCc1c(F)cccc1N1c2ccccc2CCC1C. The predicted octanol–water partition coefficient (Wildman–Crippen LogP) is 4.02. The van der Waals surface area contributed by atoms with Crippen molar-refractivity contribution in [2.45, 2.75) is 32.4 Å². The van der Waals surface area contributed by atoms with Crippen LogP contribution in [0.1, 0.15) is 24.5 Å². The molecule has 0 aromatic heterocycles. The molecule has 0 saturated heterocycles. The third kappa shape index (κ3) is 2.54. The number of para-hydroxylation sites is 1. The number of halogens is 1. The maximum atomic E-state index is 14.2. The normalized spacial score (nSPS) is 17.7. The van der Waals surface area contributed by atoms with Gasteiger partial charge in [0, 0.05) is 29.5 Å². The molecule has 1 unspecified atom stereocenters. The zero-order valence-electron chi connectivity index (χ0n) is 12.6. The van der Waals surface area contributed by atoms with Gasteiger partial charge in [0.25, 0.3) is 0 Å². The highest BCUT2D eigenvalue weighted by Crippen LogP contribution is 2.38. The molecule has 1 heterocycles. The number of rotatable bonds is 3. The minimum absolute atomic E-state index is 0.142. The molecule has 0 fully saturated rings. The molecule has 1 aliphatic rings. The van der Waals surface area contributed by atoms with Crippen LogP contribution in [0.2, 0.25) is 0 Å². The lowest BCUT2D eigenvalue weighted by atomic mass is 9.95. The van der Waals surface area contributed by atoms with Gasteiger partial charge in [-0.15, -0.1) is 0 Å². The number of nitrogens with zero attached hydrogens (tertiary/aromatic N) is 1. The van der Waals surface area contributed by atoms with E-state index in [1.165, 1.54) is 17.3 Å². The third-order valence-corrected chi connectivity index (χ3v) is 4.23. The Bertz CT molecular complexity index is 639. The molecule has 2 aromatic carbocycles. The van der Waals surface area contributed by atoms with Crippen molar-refractivity contribution in [1.82, 2.24) is 5.32 Å². The van der Waals surface area contributed by atoms with E-state index in [1.807, 2.05) is 13.1 Å². The van der Waals surface area contributed by atoms with Crippen LogP contribution >= 0.6 is 0 Å². The largest absolute Gasteiger partial charge is 0.338 e. The standard InChI is InChI=1S/C18H21FN2/c1-13-10-11-14-6-3-4-8-17(14)21(13)18-9-5-7-16(19)15(18)12-20-2/h3-9,13,20H,10-12H2,1-2H3. The molecule has 3 heteroatoms. The van der Waals surface area contributed by atoms with Crippen molar-refractivity contribution in [1.29, 1.82) is 0 Å². The first-order valence-corrected chi connectivity index (χ1v) is 7.51. The molecule has 3 rings (SSSR count). The number of benzene rings is 2. The summed E-state index contributed by atoms with van der Waals surface area (Å²) in [6.45, 7) is 2.75. The van der Waals surface area contributed by atoms with Crippen molar-refractivity contribution < 1.29 is 4.39 Å². The molecule has 1 N–H and O–H groups in total. The van der Waals surface area contributed by atoms with Crippen molar-refractivity contribution in [2.75, 3.05) is 11.9 Å². The number of anilines is 2. The van der Waals surface area contributed by atoms with Crippen molar-refractivity contribution in [3.05, 3.63) is 59.4 Å². The molecule has 110 valence electrons. The topological polar surface area (TPSA) is 15.3 Å². The molecule has 0 amide bonds. The molecule has 0 radical (unpaired) electrons. The first-order chi connectivity index (χ1) is 10.2. The molecule has 0 aliphatic carbocycles. The van der Waals surface area contributed by atoms with Gasteiger partial charge in [-0.05, 0) is 50.6 Å². The number of hydrogen-bond donors (Lipinski definition) is 1. The average Bonchev–Trinajstić information content (AvgIpc) is 2.50. The van der Waals surface area contributed by atoms with Gasteiger partial charge in [0.1, 0.15) is 5.82 Å². The van der Waals surface area contributed by atoms with E-state index >= 15 is 0 Å². The minimum Gasteiger partial charge on any atom is -0.338 e. The highest BCUT2D eigenvalue weighted by molar-refractivity contribution is 5.71. The van der Waals surface area contributed by atoms with Gasteiger partial charge in [0.2, 0.25) is 0 Å². The Morgan fingerprint density at radius 3 is 2.71 bits per heavy atom. The second-order valence-corrected chi connectivity index (χ2v) is 5.65. The van der Waals surface area contributed by atoms with Crippen molar-refractivity contribution in [3.8, 4) is 0 Å². The van der Waals surface area contributed by atoms with Gasteiger partial charge in [-0.1, -0.05) is 24.3 Å². The zero-order chi connectivity index (χ0) is 14.8. The van der Waals surface area contributed by atoms with E-state index in [-0.39, 0.29) is 5.82 Å². The van der Waals surface area contributed by atoms with Crippen LogP contribution in [0.25, 0.3) is 0 Å². The fourth-order valence-electron chi connectivity index (χ4n) is 3.18. The van der Waals surface area contributed by atoms with Gasteiger partial charge < -0.3 is 10.2 Å². The van der Waals surface area contributed by atoms with Crippen LogP contribution in [0.15, 0.2) is 42.5 Å².